The molecule has 1 nitrogen and oxygen atoms in total. The van der Waals surface area contributed by atoms with Crippen LogP contribution in [0.5, 0.6) is 0 Å². The highest BCUT2D eigenvalue weighted by Gasteiger charge is 1.91. The largest absolute Gasteiger partial charge is 0.291 e. The molecule has 0 bridgehead atoms. The van der Waals surface area contributed by atoms with Gasteiger partial charge in [-0.1, -0.05) is 6.92 Å². The van der Waals surface area contributed by atoms with E-state index in [9.17, 15) is 0 Å². The molecule has 0 atom stereocenters. The molecular formula is C8H17NS. The maximum atomic E-state index is 4.41. The molecule has 0 rings (SSSR count). The van der Waals surface area contributed by atoms with Crippen LogP contribution in [0.3, 0.4) is 0 Å². The van der Waals surface area contributed by atoms with Crippen LogP contribution < -0.4 is 0 Å². The van der Waals surface area contributed by atoms with Gasteiger partial charge in [0.25, 0.3) is 0 Å². The summed E-state index contributed by atoms with van der Waals surface area (Å²) in [5.41, 5.74) is 1.27. The highest BCUT2D eigenvalue weighted by molar-refractivity contribution is 7.99. The summed E-state index contributed by atoms with van der Waals surface area (Å²) in [6.45, 7) is 8.50. The van der Waals surface area contributed by atoms with Crippen LogP contribution in [-0.4, -0.2) is 23.3 Å². The number of hydrogen-bond acceptors (Lipinski definition) is 2. The molecule has 0 heterocycles. The molecule has 2 heteroatoms. The van der Waals surface area contributed by atoms with Crippen molar-refractivity contribution in [3.63, 3.8) is 0 Å². The Kier molecular flexibility index (Phi) is 5.79. The first kappa shape index (κ1) is 10.0. The fourth-order valence-corrected chi connectivity index (χ4v) is 1.30. The second kappa shape index (κ2) is 5.78. The van der Waals surface area contributed by atoms with Crippen LogP contribution in [0.15, 0.2) is 4.99 Å². The third-order valence-electron chi connectivity index (χ3n) is 0.994. The van der Waals surface area contributed by atoms with Gasteiger partial charge in [-0.05, 0) is 26.5 Å². The summed E-state index contributed by atoms with van der Waals surface area (Å²) in [6.07, 6.45) is 0. The van der Waals surface area contributed by atoms with Crippen LogP contribution in [0.1, 0.15) is 27.7 Å². The molecule has 0 fully saturated rings. The van der Waals surface area contributed by atoms with Crippen molar-refractivity contribution in [2.24, 2.45) is 4.99 Å². The summed E-state index contributed by atoms with van der Waals surface area (Å²) in [5.74, 6) is 2.28. The van der Waals surface area contributed by atoms with E-state index in [2.05, 4.69) is 32.7 Å². The van der Waals surface area contributed by atoms with E-state index in [0.717, 1.165) is 5.75 Å². The normalized spacial score (nSPS) is 12.7. The minimum absolute atomic E-state index is 0.456. The van der Waals surface area contributed by atoms with Crippen LogP contribution in [0.2, 0.25) is 0 Å². The molecule has 0 spiro atoms. The molecule has 0 aliphatic rings. The van der Waals surface area contributed by atoms with Crippen molar-refractivity contribution in [3.8, 4) is 0 Å². The van der Waals surface area contributed by atoms with E-state index in [4.69, 9.17) is 0 Å². The predicted octanol–water partition coefficient (Wildman–Crippen LogP) is 2.61. The average Bonchev–Trinajstić information content (AvgIpc) is 1.82. The van der Waals surface area contributed by atoms with Crippen LogP contribution >= 0.6 is 11.8 Å². The van der Waals surface area contributed by atoms with Crippen molar-refractivity contribution in [2.45, 2.75) is 33.7 Å². The lowest BCUT2D eigenvalue weighted by Gasteiger charge is -2.00. The monoisotopic (exact) mass is 159 g/mol. The Morgan fingerprint density at radius 3 is 2.50 bits per heavy atom. The second-order valence-corrected chi connectivity index (χ2v) is 3.87. The quantitative estimate of drug-likeness (QED) is 0.574. The summed E-state index contributed by atoms with van der Waals surface area (Å²) >= 11 is 1.93. The molecule has 0 saturated carbocycles. The zero-order valence-corrected chi connectivity index (χ0v) is 8.16. The maximum absolute atomic E-state index is 4.41. The van der Waals surface area contributed by atoms with E-state index < -0.39 is 0 Å². The molecule has 0 aromatic carbocycles. The summed E-state index contributed by atoms with van der Waals surface area (Å²) in [7, 11) is 0. The number of nitrogens with zero attached hydrogens (tertiary/aromatic N) is 1. The molecular weight excluding hydrogens is 142 g/mol. The Balaban J connectivity index is 3.49. The summed E-state index contributed by atoms with van der Waals surface area (Å²) in [4.78, 5) is 4.41. The van der Waals surface area contributed by atoms with Crippen LogP contribution in [0.4, 0.5) is 0 Å². The lowest BCUT2D eigenvalue weighted by atomic mass is 10.4. The summed E-state index contributed by atoms with van der Waals surface area (Å²) < 4.78 is 0. The van der Waals surface area contributed by atoms with Crippen molar-refractivity contribution in [1.82, 2.24) is 0 Å². The Bertz CT molecular complexity index is 108. The molecule has 0 N–H and O–H groups in total. The highest BCUT2D eigenvalue weighted by atomic mass is 32.2. The first-order valence-electron chi connectivity index (χ1n) is 3.77. The first-order chi connectivity index (χ1) is 4.66. The van der Waals surface area contributed by atoms with Gasteiger partial charge in [-0.2, -0.15) is 11.8 Å². The minimum Gasteiger partial charge on any atom is -0.291 e. The smallest absolute Gasteiger partial charge is 0.0442 e. The molecule has 10 heavy (non-hydrogen) atoms. The van der Waals surface area contributed by atoms with Gasteiger partial charge in [0.1, 0.15) is 0 Å². The first-order valence-corrected chi connectivity index (χ1v) is 4.93. The Labute approximate surface area is 68.3 Å². The molecule has 0 aliphatic heterocycles. The number of hydrogen-bond donors (Lipinski definition) is 0. The summed E-state index contributed by atoms with van der Waals surface area (Å²) in [6, 6.07) is 0.456. The van der Waals surface area contributed by atoms with Gasteiger partial charge in [0.05, 0.1) is 0 Å². The van der Waals surface area contributed by atoms with Gasteiger partial charge in [0, 0.05) is 17.5 Å². The van der Waals surface area contributed by atoms with Crippen molar-refractivity contribution < 1.29 is 0 Å². The third kappa shape index (κ3) is 6.14. The minimum atomic E-state index is 0.456. The van der Waals surface area contributed by atoms with Crippen molar-refractivity contribution in [1.29, 1.82) is 0 Å². The molecule has 0 aromatic rings. The van der Waals surface area contributed by atoms with E-state index in [0.29, 0.717) is 6.04 Å². The summed E-state index contributed by atoms with van der Waals surface area (Å²) in [5, 5.41) is 0. The molecule has 0 radical (unpaired) electrons. The maximum Gasteiger partial charge on any atom is 0.0442 e. The van der Waals surface area contributed by atoms with Crippen molar-refractivity contribution >= 4 is 17.5 Å². The van der Waals surface area contributed by atoms with Gasteiger partial charge in [0.15, 0.2) is 0 Å². The van der Waals surface area contributed by atoms with Crippen molar-refractivity contribution in [3.05, 3.63) is 0 Å². The van der Waals surface area contributed by atoms with Gasteiger partial charge in [-0.3, -0.25) is 4.99 Å². The van der Waals surface area contributed by atoms with Crippen LogP contribution in [0.25, 0.3) is 0 Å². The van der Waals surface area contributed by atoms with Gasteiger partial charge in [-0.25, -0.2) is 0 Å². The fourth-order valence-electron chi connectivity index (χ4n) is 0.728. The van der Waals surface area contributed by atoms with Gasteiger partial charge < -0.3 is 0 Å². The molecule has 0 unspecified atom stereocenters. The lowest BCUT2D eigenvalue weighted by Crippen LogP contribution is -2.00. The van der Waals surface area contributed by atoms with E-state index in [1.54, 1.807) is 0 Å². The fraction of sp³-hybridized carbons (Fsp3) is 0.875. The molecule has 0 saturated heterocycles. The SMILES string of the molecule is CCSCC(C)=NC(C)C. The number of thioether (sulfide) groups is 1. The zero-order chi connectivity index (χ0) is 7.98. The lowest BCUT2D eigenvalue weighted by molar-refractivity contribution is 0.834. The molecule has 0 aliphatic carbocycles. The molecule has 0 amide bonds. The van der Waals surface area contributed by atoms with Gasteiger partial charge >= 0.3 is 0 Å². The van der Waals surface area contributed by atoms with Gasteiger partial charge in [-0.15, -0.1) is 0 Å². The second-order valence-electron chi connectivity index (χ2n) is 2.60. The van der Waals surface area contributed by atoms with Crippen LogP contribution in [-0.2, 0) is 0 Å². The Hall–Kier alpha value is 0.0200. The molecule has 0 aromatic heterocycles. The topological polar surface area (TPSA) is 12.4 Å². The number of aliphatic imine (C=N–C) groups is 1. The highest BCUT2D eigenvalue weighted by Crippen LogP contribution is 2.00. The Morgan fingerprint density at radius 2 is 2.10 bits per heavy atom. The van der Waals surface area contributed by atoms with Crippen molar-refractivity contribution in [2.75, 3.05) is 11.5 Å². The average molecular weight is 159 g/mol. The van der Waals surface area contributed by atoms with E-state index >= 15 is 0 Å². The van der Waals surface area contributed by atoms with E-state index in [1.807, 2.05) is 11.8 Å². The Morgan fingerprint density at radius 1 is 1.50 bits per heavy atom. The third-order valence-corrected chi connectivity index (χ3v) is 2.02. The number of rotatable bonds is 4. The van der Waals surface area contributed by atoms with Gasteiger partial charge in [0.2, 0.25) is 0 Å². The van der Waals surface area contributed by atoms with Crippen LogP contribution in [0, 0.1) is 0 Å². The van der Waals surface area contributed by atoms with E-state index in [-0.39, 0.29) is 0 Å². The van der Waals surface area contributed by atoms with E-state index in [1.165, 1.54) is 11.5 Å². The predicted molar refractivity (Wildman–Crippen MR) is 51.2 cm³/mol. The standard InChI is InChI=1S/C8H17NS/c1-5-10-6-8(4)9-7(2)3/h7H,5-6H2,1-4H3. The molecule has 60 valence electrons. The zero-order valence-electron chi connectivity index (χ0n) is 7.35.